The average molecular weight is 903 g/mol. The molecular weight excluding hydrogens is 897 g/mol. The second kappa shape index (κ2) is 10.8. The van der Waals surface area contributed by atoms with Gasteiger partial charge in [-0.2, -0.15) is 0 Å². The molecule has 0 fully saturated rings. The first-order chi connectivity index (χ1) is 14.7. The van der Waals surface area contributed by atoms with Crippen LogP contribution in [-0.2, 0) is 4.57 Å². The highest BCUT2D eigenvalue weighted by atomic mass is 79.9. The van der Waals surface area contributed by atoms with Gasteiger partial charge in [-0.1, -0.05) is 130 Å². The van der Waals surface area contributed by atoms with E-state index in [-0.39, 0.29) is 26.2 Å². The maximum Gasteiger partial charge on any atom is 0.524 e. The lowest BCUT2D eigenvalue weighted by Gasteiger charge is -2.22. The summed E-state index contributed by atoms with van der Waals surface area (Å²) in [6, 6.07) is 7.10. The van der Waals surface area contributed by atoms with Crippen molar-refractivity contribution in [2.24, 2.45) is 0 Å². The Labute approximate surface area is 248 Å². The topological polar surface area (TPSA) is 66.8 Å². The molecule has 0 aliphatic carbocycles. The lowest BCUT2D eigenvalue weighted by molar-refractivity contribution is 0.283. The van der Waals surface area contributed by atoms with Gasteiger partial charge in [0.15, 0.2) is 5.75 Å². The summed E-state index contributed by atoms with van der Waals surface area (Å²) >= 11 is 40.9. The summed E-state index contributed by atoms with van der Waals surface area (Å²) in [5.74, 6) is -0.403. The van der Waals surface area contributed by atoms with Crippen molar-refractivity contribution >= 4 is 138 Å². The zero-order valence-corrected chi connectivity index (χ0v) is 27.5. The highest BCUT2D eigenvalue weighted by Crippen LogP contribution is 2.58. The molecule has 32 heavy (non-hydrogen) atoms. The van der Waals surface area contributed by atoms with Gasteiger partial charge in [0.05, 0.1) is 15.1 Å². The molecule has 2 N–H and O–H groups in total. The second-order valence-corrected chi connectivity index (χ2v) is 13.6. The van der Waals surface area contributed by atoms with E-state index in [4.69, 9.17) is 39.3 Å². The molecule has 3 aromatic carbocycles. The second-order valence-electron chi connectivity index (χ2n) is 6.09. The highest BCUT2D eigenvalue weighted by Gasteiger charge is 2.31. The van der Waals surface area contributed by atoms with Crippen molar-refractivity contribution < 1.29 is 18.9 Å². The minimum atomic E-state index is -5.02. The number of halogens is 9. The van der Waals surface area contributed by atoms with Crippen molar-refractivity contribution in [2.75, 3.05) is 0 Å². The highest BCUT2D eigenvalue weighted by molar-refractivity contribution is 9.12. The average Bonchev–Trinajstić information content (AvgIpc) is 2.62. The molecule has 170 valence electrons. The van der Waals surface area contributed by atoms with Gasteiger partial charge in [-0.25, -0.2) is 4.57 Å². The van der Waals surface area contributed by atoms with E-state index in [0.29, 0.717) is 29.0 Å². The van der Waals surface area contributed by atoms with Gasteiger partial charge in [-0.3, -0.25) is 9.79 Å². The van der Waals surface area contributed by atoms with Crippen LogP contribution >= 0.6 is 138 Å². The standard InChI is InChI=1S/C18H6Br6Cl3O4P/c19-5-1-7(21)11(8(22)2-5)13-15(25)14(12-9(23)3-6(20)4-10(12)24)17(27)18(16(13)26)31-32(28,29)30/h1-4H,(H2,28,29,30). The fourth-order valence-electron chi connectivity index (χ4n) is 2.84. The Bertz CT molecular complexity index is 1180. The quantitative estimate of drug-likeness (QED) is 0.256. The minimum Gasteiger partial charge on any atom is -0.401 e. The molecule has 14 heteroatoms. The molecule has 4 nitrogen and oxygen atoms in total. The van der Waals surface area contributed by atoms with Crippen molar-refractivity contribution in [2.45, 2.75) is 0 Å². The number of phosphoric acid groups is 1. The van der Waals surface area contributed by atoms with Crippen molar-refractivity contribution in [3.8, 4) is 28.0 Å². The van der Waals surface area contributed by atoms with Gasteiger partial charge in [0.1, 0.15) is 0 Å². The third kappa shape index (κ3) is 5.84. The van der Waals surface area contributed by atoms with Crippen LogP contribution in [0.5, 0.6) is 5.75 Å². The first-order valence-electron chi connectivity index (χ1n) is 7.98. The summed E-state index contributed by atoms with van der Waals surface area (Å²) in [5, 5.41) is -0.189. The molecule has 3 aromatic rings. The largest absolute Gasteiger partial charge is 0.524 e. The van der Waals surface area contributed by atoms with Gasteiger partial charge < -0.3 is 4.52 Å². The van der Waals surface area contributed by atoms with Gasteiger partial charge in [0.25, 0.3) is 0 Å². The van der Waals surface area contributed by atoms with E-state index in [2.05, 4.69) is 95.6 Å². The molecule has 0 spiro atoms. The van der Waals surface area contributed by atoms with Crippen molar-refractivity contribution in [1.29, 1.82) is 0 Å². The van der Waals surface area contributed by atoms with E-state index in [1.165, 1.54) is 0 Å². The number of hydrogen-bond donors (Lipinski definition) is 2. The lowest BCUT2D eigenvalue weighted by atomic mass is 9.97. The molecule has 0 bridgehead atoms. The predicted molar refractivity (Wildman–Crippen MR) is 151 cm³/mol. The van der Waals surface area contributed by atoms with Crippen LogP contribution in [0.2, 0.25) is 15.1 Å². The molecule has 0 saturated heterocycles. The van der Waals surface area contributed by atoms with E-state index in [0.717, 1.165) is 8.95 Å². The zero-order chi connectivity index (χ0) is 24.1. The maximum atomic E-state index is 11.7. The molecule has 0 aromatic heterocycles. The van der Waals surface area contributed by atoms with Crippen LogP contribution in [-0.4, -0.2) is 9.79 Å². The zero-order valence-electron chi connectivity index (χ0n) is 14.9. The summed E-state index contributed by atoms with van der Waals surface area (Å²) in [6.45, 7) is 0. The van der Waals surface area contributed by atoms with E-state index in [9.17, 15) is 14.4 Å². The molecule has 0 saturated carbocycles. The van der Waals surface area contributed by atoms with E-state index in [1.54, 1.807) is 24.3 Å². The summed E-state index contributed by atoms with van der Waals surface area (Å²) in [6.07, 6.45) is 0. The van der Waals surface area contributed by atoms with Crippen molar-refractivity contribution in [3.63, 3.8) is 0 Å². The van der Waals surface area contributed by atoms with Crippen LogP contribution in [0, 0.1) is 0 Å². The third-order valence-electron chi connectivity index (χ3n) is 4.00. The molecule has 0 heterocycles. The van der Waals surface area contributed by atoms with Gasteiger partial charge in [0, 0.05) is 49.1 Å². The van der Waals surface area contributed by atoms with Gasteiger partial charge in [-0.15, -0.1) is 0 Å². The van der Waals surface area contributed by atoms with E-state index < -0.39 is 13.6 Å². The molecule has 0 amide bonds. The lowest BCUT2D eigenvalue weighted by Crippen LogP contribution is -1.99. The Kier molecular flexibility index (Phi) is 9.40. The van der Waals surface area contributed by atoms with Crippen LogP contribution < -0.4 is 4.52 Å². The molecule has 0 aliphatic rings. The smallest absolute Gasteiger partial charge is 0.401 e. The van der Waals surface area contributed by atoms with Crippen LogP contribution in [0.25, 0.3) is 22.3 Å². The van der Waals surface area contributed by atoms with Gasteiger partial charge >= 0.3 is 7.82 Å². The van der Waals surface area contributed by atoms with E-state index in [1.807, 2.05) is 0 Å². The molecule has 0 unspecified atom stereocenters. The Hall–Kier alpha value is 1.36. The van der Waals surface area contributed by atoms with Crippen LogP contribution in [0.4, 0.5) is 0 Å². The third-order valence-corrected chi connectivity index (χ3v) is 8.94. The Morgan fingerprint density at radius 2 is 0.938 bits per heavy atom. The normalized spacial score (nSPS) is 11.7. The molecule has 0 radical (unpaired) electrons. The Balaban J connectivity index is 2.55. The predicted octanol–water partition coefficient (Wildman–Crippen LogP) is 11.0. The van der Waals surface area contributed by atoms with Crippen LogP contribution in [0.1, 0.15) is 0 Å². The molecule has 3 rings (SSSR count). The SMILES string of the molecule is O=P(O)(O)Oc1c(Cl)c(-c2c(Br)cc(Br)cc2Br)c(Cl)c(-c2c(Br)cc(Br)cc2Br)c1Cl. The summed E-state index contributed by atoms with van der Waals surface area (Å²) < 4.78 is 20.6. The fourth-order valence-corrected chi connectivity index (χ4v) is 9.85. The van der Waals surface area contributed by atoms with Crippen molar-refractivity contribution in [1.82, 2.24) is 0 Å². The number of benzene rings is 3. The first-order valence-corrected chi connectivity index (χ1v) is 15.4. The van der Waals surface area contributed by atoms with Gasteiger partial charge in [0.2, 0.25) is 0 Å². The summed E-state index contributed by atoms with van der Waals surface area (Å²) in [5.41, 5.74) is 1.57. The van der Waals surface area contributed by atoms with Crippen molar-refractivity contribution in [3.05, 3.63) is 66.2 Å². The van der Waals surface area contributed by atoms with Crippen LogP contribution in [0.15, 0.2) is 51.1 Å². The van der Waals surface area contributed by atoms with Gasteiger partial charge in [-0.05, 0) is 24.3 Å². The molecule has 0 atom stereocenters. The molecule has 0 aliphatic heterocycles. The minimum absolute atomic E-state index is 0.144. The van der Waals surface area contributed by atoms with E-state index >= 15 is 0 Å². The number of hydrogen-bond acceptors (Lipinski definition) is 2. The fraction of sp³-hybridized carbons (Fsp3) is 0. The Morgan fingerprint density at radius 1 is 0.625 bits per heavy atom. The monoisotopic (exact) mass is 895 g/mol. The number of phosphoric ester groups is 1. The summed E-state index contributed by atoms with van der Waals surface area (Å²) in [4.78, 5) is 19.0. The number of rotatable bonds is 4. The summed E-state index contributed by atoms with van der Waals surface area (Å²) in [7, 11) is -5.02. The molecular formula is C18H6Br6Cl3O4P. The Morgan fingerprint density at radius 3 is 1.22 bits per heavy atom. The maximum absolute atomic E-state index is 11.7. The first kappa shape index (κ1) is 27.9. The van der Waals surface area contributed by atoms with Crippen LogP contribution in [0.3, 0.4) is 0 Å².